The first kappa shape index (κ1) is 22.8. The molecule has 1 fully saturated rings. The van der Waals surface area contributed by atoms with Crippen LogP contribution in [0.15, 0.2) is 77.6 Å². The van der Waals surface area contributed by atoms with Gasteiger partial charge >= 0.3 is 0 Å². The first-order valence-electron chi connectivity index (χ1n) is 11.3. The molecule has 3 aromatic carbocycles. The Morgan fingerprint density at radius 3 is 2.18 bits per heavy atom. The van der Waals surface area contributed by atoms with Crippen LogP contribution in [-0.4, -0.2) is 42.7 Å². The average molecular weight is 493 g/mol. The lowest BCUT2D eigenvalue weighted by molar-refractivity contribution is 0.313. The maximum atomic E-state index is 12.8. The normalized spacial score (nSPS) is 14.5. The molecular formula is C27H26Cl2N4O. The number of hydrogen-bond donors (Lipinski definition) is 1. The first-order valence-corrected chi connectivity index (χ1v) is 12.1. The third-order valence-corrected chi connectivity index (χ3v) is 7.10. The maximum Gasteiger partial charge on any atom is 0.251 e. The van der Waals surface area contributed by atoms with E-state index in [0.717, 1.165) is 54.0 Å². The van der Waals surface area contributed by atoms with Crippen LogP contribution in [0, 0.1) is 0 Å². The van der Waals surface area contributed by atoms with Crippen molar-refractivity contribution in [3.05, 3.63) is 98.8 Å². The monoisotopic (exact) mass is 492 g/mol. The van der Waals surface area contributed by atoms with Gasteiger partial charge in [-0.25, -0.2) is 0 Å². The van der Waals surface area contributed by atoms with Crippen molar-refractivity contribution in [1.82, 2.24) is 9.47 Å². The van der Waals surface area contributed by atoms with Crippen molar-refractivity contribution < 1.29 is 0 Å². The molecule has 1 aliphatic heterocycles. The molecule has 1 aliphatic rings. The highest BCUT2D eigenvalue weighted by Gasteiger charge is 2.14. The van der Waals surface area contributed by atoms with Crippen LogP contribution in [-0.2, 0) is 6.54 Å². The van der Waals surface area contributed by atoms with Gasteiger partial charge in [-0.05, 0) is 67.0 Å². The summed E-state index contributed by atoms with van der Waals surface area (Å²) in [6, 6.07) is 23.3. The summed E-state index contributed by atoms with van der Waals surface area (Å²) in [5.41, 5.74) is 4.60. The summed E-state index contributed by atoms with van der Waals surface area (Å²) in [6.07, 6.45) is 0. The van der Waals surface area contributed by atoms with Crippen molar-refractivity contribution in [2.45, 2.75) is 6.54 Å². The van der Waals surface area contributed by atoms with Crippen LogP contribution >= 0.6 is 23.2 Å². The fourth-order valence-electron chi connectivity index (χ4n) is 4.36. The molecule has 0 atom stereocenters. The highest BCUT2D eigenvalue weighted by Crippen LogP contribution is 2.28. The summed E-state index contributed by atoms with van der Waals surface area (Å²) in [4.78, 5) is 17.6. The number of benzene rings is 3. The number of aromatic nitrogens is 1. The van der Waals surface area contributed by atoms with E-state index >= 15 is 0 Å². The lowest BCUT2D eigenvalue weighted by Crippen LogP contribution is -2.44. The van der Waals surface area contributed by atoms with Gasteiger partial charge in [-0.15, -0.1) is 0 Å². The van der Waals surface area contributed by atoms with E-state index < -0.39 is 0 Å². The highest BCUT2D eigenvalue weighted by atomic mass is 35.5. The van der Waals surface area contributed by atoms with E-state index in [1.807, 2.05) is 24.3 Å². The van der Waals surface area contributed by atoms with Gasteiger partial charge in [0.2, 0.25) is 0 Å². The molecule has 1 N–H and O–H groups in total. The number of halogens is 2. The van der Waals surface area contributed by atoms with Gasteiger partial charge in [0, 0.05) is 64.9 Å². The van der Waals surface area contributed by atoms with Crippen LogP contribution in [0.5, 0.6) is 0 Å². The summed E-state index contributed by atoms with van der Waals surface area (Å²) in [5.74, 6) is 0. The van der Waals surface area contributed by atoms with Gasteiger partial charge in [0.15, 0.2) is 0 Å². The van der Waals surface area contributed by atoms with E-state index in [9.17, 15) is 4.79 Å². The smallest absolute Gasteiger partial charge is 0.251 e. The zero-order valence-electron chi connectivity index (χ0n) is 19.0. The molecule has 0 saturated carbocycles. The molecule has 1 saturated heterocycles. The van der Waals surface area contributed by atoms with Crippen molar-refractivity contribution in [3.8, 4) is 0 Å². The number of piperazine rings is 1. The van der Waals surface area contributed by atoms with Crippen LogP contribution in [0.4, 0.5) is 17.1 Å². The Bertz CT molecular complexity index is 1360. The molecule has 0 unspecified atom stereocenters. The number of rotatable bonds is 5. The standard InChI is InChI=1S/C27H26Cl2N4O/c1-31-13-15-32(16-14-31)22-10-8-20(9-11-22)30-21-7-5-19-6-12-27(34)33(26(19)17-21)18-23-24(28)3-2-4-25(23)29/h2-12,17,30H,13-16,18H2,1H3. The molecule has 0 radical (unpaired) electrons. The summed E-state index contributed by atoms with van der Waals surface area (Å²) < 4.78 is 1.71. The number of anilines is 3. The minimum Gasteiger partial charge on any atom is -0.369 e. The third-order valence-electron chi connectivity index (χ3n) is 6.40. The number of likely N-dealkylation sites (N-methyl/N-ethyl adjacent to an activating group) is 1. The van der Waals surface area contributed by atoms with E-state index in [1.165, 1.54) is 5.69 Å². The Morgan fingerprint density at radius 1 is 0.824 bits per heavy atom. The number of nitrogens with one attached hydrogen (secondary N) is 1. The number of fused-ring (bicyclic) bond motifs is 1. The molecular weight excluding hydrogens is 467 g/mol. The molecule has 4 aromatic rings. The molecule has 7 heteroatoms. The van der Waals surface area contributed by atoms with Gasteiger partial charge in [-0.3, -0.25) is 4.79 Å². The number of hydrogen-bond acceptors (Lipinski definition) is 4. The van der Waals surface area contributed by atoms with E-state index in [-0.39, 0.29) is 5.56 Å². The van der Waals surface area contributed by atoms with E-state index in [0.29, 0.717) is 16.6 Å². The number of pyridine rings is 1. The quantitative estimate of drug-likeness (QED) is 0.379. The molecule has 2 heterocycles. The lowest BCUT2D eigenvalue weighted by Gasteiger charge is -2.34. The minimum atomic E-state index is -0.0998. The molecule has 5 rings (SSSR count). The minimum absolute atomic E-state index is 0.0998. The summed E-state index contributed by atoms with van der Waals surface area (Å²) in [5, 5.41) is 5.54. The third kappa shape index (κ3) is 4.78. The first-order chi connectivity index (χ1) is 16.5. The van der Waals surface area contributed by atoms with E-state index in [1.54, 1.807) is 28.8 Å². The van der Waals surface area contributed by atoms with Crippen molar-refractivity contribution in [2.75, 3.05) is 43.4 Å². The molecule has 0 bridgehead atoms. The fraction of sp³-hybridized carbons (Fsp3) is 0.222. The number of nitrogens with zero attached hydrogens (tertiary/aromatic N) is 3. The molecule has 34 heavy (non-hydrogen) atoms. The van der Waals surface area contributed by atoms with Crippen LogP contribution in [0.1, 0.15) is 5.56 Å². The fourth-order valence-corrected chi connectivity index (χ4v) is 4.87. The van der Waals surface area contributed by atoms with E-state index in [2.05, 4.69) is 46.4 Å². The van der Waals surface area contributed by atoms with Gasteiger partial charge in [-0.1, -0.05) is 35.3 Å². The Hall–Kier alpha value is -2.99. The van der Waals surface area contributed by atoms with Crippen molar-refractivity contribution in [3.63, 3.8) is 0 Å². The van der Waals surface area contributed by atoms with Crippen LogP contribution in [0.25, 0.3) is 10.9 Å². The highest BCUT2D eigenvalue weighted by molar-refractivity contribution is 6.36. The summed E-state index contributed by atoms with van der Waals surface area (Å²) in [7, 11) is 2.16. The molecule has 5 nitrogen and oxygen atoms in total. The van der Waals surface area contributed by atoms with Crippen molar-refractivity contribution in [2.24, 2.45) is 0 Å². The molecule has 0 aliphatic carbocycles. The second kappa shape index (κ2) is 9.71. The van der Waals surface area contributed by atoms with Crippen LogP contribution < -0.4 is 15.8 Å². The average Bonchev–Trinajstić information content (AvgIpc) is 2.84. The van der Waals surface area contributed by atoms with Crippen molar-refractivity contribution in [1.29, 1.82) is 0 Å². The zero-order valence-corrected chi connectivity index (χ0v) is 20.5. The zero-order chi connectivity index (χ0) is 23.7. The molecule has 1 aromatic heterocycles. The largest absolute Gasteiger partial charge is 0.369 e. The van der Waals surface area contributed by atoms with Crippen molar-refractivity contribution >= 4 is 51.2 Å². The van der Waals surface area contributed by atoms with Crippen LogP contribution in [0.3, 0.4) is 0 Å². The summed E-state index contributed by atoms with van der Waals surface area (Å²) >= 11 is 12.8. The SMILES string of the molecule is CN1CCN(c2ccc(Nc3ccc4ccc(=O)n(Cc5c(Cl)cccc5Cl)c4c3)cc2)CC1. The second-order valence-electron chi connectivity index (χ2n) is 8.69. The van der Waals surface area contributed by atoms with Gasteiger partial charge in [0.25, 0.3) is 5.56 Å². The van der Waals surface area contributed by atoms with E-state index in [4.69, 9.17) is 23.2 Å². The van der Waals surface area contributed by atoms with Gasteiger partial charge in [-0.2, -0.15) is 0 Å². The topological polar surface area (TPSA) is 40.5 Å². The predicted molar refractivity (Wildman–Crippen MR) is 143 cm³/mol. The Morgan fingerprint density at radius 2 is 1.47 bits per heavy atom. The van der Waals surface area contributed by atoms with Gasteiger partial charge in [0.1, 0.15) is 0 Å². The molecule has 0 spiro atoms. The second-order valence-corrected chi connectivity index (χ2v) is 9.51. The Labute approximate surface area is 209 Å². The predicted octanol–water partition coefficient (Wildman–Crippen LogP) is 5.85. The Balaban J connectivity index is 1.41. The van der Waals surface area contributed by atoms with Crippen LogP contribution in [0.2, 0.25) is 10.0 Å². The lowest BCUT2D eigenvalue weighted by atomic mass is 10.1. The summed E-state index contributed by atoms with van der Waals surface area (Å²) in [6.45, 7) is 4.55. The van der Waals surface area contributed by atoms with Gasteiger partial charge in [0.05, 0.1) is 12.1 Å². The Kier molecular flexibility index (Phi) is 6.50. The maximum absolute atomic E-state index is 12.8. The molecule has 0 amide bonds. The molecule has 174 valence electrons. The van der Waals surface area contributed by atoms with Gasteiger partial charge < -0.3 is 19.7 Å².